The summed E-state index contributed by atoms with van der Waals surface area (Å²) in [4.78, 5) is 73.7. The molecule has 0 spiro atoms. The Hall–Kier alpha value is -5.42. The molecule has 3 heterocycles. The Morgan fingerprint density at radius 3 is 2.56 bits per heavy atom. The number of ether oxygens (including phenoxy) is 1. The molecule has 2 aliphatic heterocycles. The molecule has 6 rings (SSSR count). The quantitative estimate of drug-likeness (QED) is 0.0501. The van der Waals surface area contributed by atoms with Crippen LogP contribution in [0.3, 0.4) is 0 Å². The van der Waals surface area contributed by atoms with Gasteiger partial charge in [-0.1, -0.05) is 12.8 Å². The van der Waals surface area contributed by atoms with Crippen molar-refractivity contribution in [3.8, 4) is 28.2 Å². The number of phosphoric acid groups is 1. The molecule has 1 aromatic heterocycles. The van der Waals surface area contributed by atoms with Gasteiger partial charge in [0, 0.05) is 58.9 Å². The molecule has 1 aliphatic carbocycles. The van der Waals surface area contributed by atoms with Gasteiger partial charge >= 0.3 is 19.5 Å². The predicted octanol–water partition coefficient (Wildman–Crippen LogP) is 3.90. The van der Waals surface area contributed by atoms with E-state index in [2.05, 4.69) is 10.3 Å². The Kier molecular flexibility index (Phi) is 11.8. The number of aromatic carboxylic acids is 1. The van der Waals surface area contributed by atoms with Crippen molar-refractivity contribution < 1.29 is 52.6 Å². The van der Waals surface area contributed by atoms with Crippen molar-refractivity contribution in [3.63, 3.8) is 0 Å². The maximum Gasteiger partial charge on any atom is 0.472 e. The van der Waals surface area contributed by atoms with Crippen molar-refractivity contribution in [3.05, 3.63) is 109 Å². The summed E-state index contributed by atoms with van der Waals surface area (Å²) in [5.41, 5.74) is 0.0763. The van der Waals surface area contributed by atoms with Crippen LogP contribution >= 0.6 is 7.82 Å². The standard InChI is InChI=1S/C37H38N3O14P/c1-20-18-40(37(48)39-34(20)44)32-17-28(43)31(54-32)19-52-55(49,50)51-13-5-3-2-4-12-38-35(45)21-6-9-24(36(46)47)27(14-21)33-25-10-7-22(41)15-29(25)53-30-16-23(42)8-11-26(30)33/h6-11,14-16,18,28,31-32,41,43H,2-5,12-13,17,19H2,1H3,(H,38,45)(H,46,47)(H,49,50)(H,39,44,48)/t28-,31-,32-/m1/s1. The number of carboxylic acid groups (broad SMARTS) is 1. The van der Waals surface area contributed by atoms with E-state index in [0.29, 0.717) is 42.2 Å². The van der Waals surface area contributed by atoms with Crippen LogP contribution in [-0.2, 0) is 18.3 Å². The van der Waals surface area contributed by atoms with Crippen molar-refractivity contribution in [1.29, 1.82) is 0 Å². The van der Waals surface area contributed by atoms with E-state index >= 15 is 0 Å². The fourth-order valence-electron chi connectivity index (χ4n) is 6.33. The van der Waals surface area contributed by atoms with Gasteiger partial charge in [-0.25, -0.2) is 14.2 Å². The van der Waals surface area contributed by atoms with Gasteiger partial charge in [0.05, 0.1) is 24.9 Å². The van der Waals surface area contributed by atoms with E-state index in [4.69, 9.17) is 18.2 Å². The van der Waals surface area contributed by atoms with Gasteiger partial charge in [-0.2, -0.15) is 0 Å². The maximum absolute atomic E-state index is 13.2. The molecule has 290 valence electrons. The second-order valence-electron chi connectivity index (χ2n) is 13.1. The average molecular weight is 780 g/mol. The molecule has 4 atom stereocenters. The van der Waals surface area contributed by atoms with Gasteiger partial charge in [0.2, 0.25) is 0 Å². The molecular formula is C37H38N3O14P. The lowest BCUT2D eigenvalue weighted by Gasteiger charge is -2.18. The SMILES string of the molecule is Cc1cn([C@H]2C[C@@H](O)[C@@H](COP(=O)(O)OCCCCCCNC(=O)c3ccc(C(=O)O)c(-c4c5ccc(=O)cc-5oc5cc(O)ccc45)c3)O2)c(=O)[nH]c1=O. The smallest absolute Gasteiger partial charge is 0.472 e. The van der Waals surface area contributed by atoms with Crippen molar-refractivity contribution in [2.45, 2.75) is 57.5 Å². The average Bonchev–Trinajstić information content (AvgIpc) is 3.51. The molecule has 18 heteroatoms. The number of aliphatic hydroxyl groups excluding tert-OH is 1. The fraction of sp³-hybridized carbons (Fsp3) is 0.324. The number of amides is 1. The lowest BCUT2D eigenvalue weighted by atomic mass is 9.89. The topological polar surface area (TPSA) is 257 Å². The number of phenols is 1. The Morgan fingerprint density at radius 2 is 1.78 bits per heavy atom. The Labute approximate surface area is 311 Å². The first-order valence-corrected chi connectivity index (χ1v) is 18.8. The monoisotopic (exact) mass is 779 g/mol. The Bertz CT molecular complexity index is 2440. The minimum absolute atomic E-state index is 0.00825. The zero-order valence-corrected chi connectivity index (χ0v) is 30.3. The third-order valence-corrected chi connectivity index (χ3v) is 10.1. The minimum atomic E-state index is -4.50. The van der Waals surface area contributed by atoms with Crippen LogP contribution in [0.15, 0.2) is 79.6 Å². The number of phenolic OH excluding ortho intramolecular Hbond substituents is 1. The van der Waals surface area contributed by atoms with Gasteiger partial charge in [-0.05, 0) is 67.8 Å². The number of aromatic hydroxyl groups is 1. The van der Waals surface area contributed by atoms with Crippen LogP contribution in [0, 0.1) is 6.92 Å². The molecule has 0 saturated carbocycles. The predicted molar refractivity (Wildman–Crippen MR) is 196 cm³/mol. The molecule has 3 aliphatic rings. The van der Waals surface area contributed by atoms with Crippen molar-refractivity contribution in [2.24, 2.45) is 0 Å². The molecule has 1 fully saturated rings. The van der Waals surface area contributed by atoms with Gasteiger partial charge < -0.3 is 34.7 Å². The number of aliphatic hydroxyl groups is 1. The Balaban J connectivity index is 0.981. The van der Waals surface area contributed by atoms with Gasteiger partial charge in [0.25, 0.3) is 11.5 Å². The molecule has 17 nitrogen and oxygen atoms in total. The number of H-pyrrole nitrogens is 1. The first kappa shape index (κ1) is 39.3. The van der Waals surface area contributed by atoms with Gasteiger partial charge in [-0.3, -0.25) is 33.0 Å². The summed E-state index contributed by atoms with van der Waals surface area (Å²) in [5, 5.41) is 33.7. The molecule has 6 N–H and O–H groups in total. The molecule has 1 amide bonds. The Morgan fingerprint density at radius 1 is 1.00 bits per heavy atom. The second kappa shape index (κ2) is 16.5. The number of benzene rings is 3. The zero-order chi connectivity index (χ0) is 39.4. The summed E-state index contributed by atoms with van der Waals surface area (Å²) in [6, 6.07) is 12.7. The molecule has 55 heavy (non-hydrogen) atoms. The van der Waals surface area contributed by atoms with Crippen LogP contribution in [-0.4, -0.2) is 73.6 Å². The van der Waals surface area contributed by atoms with Gasteiger partial charge in [0.15, 0.2) is 5.43 Å². The first-order chi connectivity index (χ1) is 26.2. The molecular weight excluding hydrogens is 741 g/mol. The highest BCUT2D eigenvalue weighted by molar-refractivity contribution is 7.47. The fourth-order valence-corrected chi connectivity index (χ4v) is 7.10. The van der Waals surface area contributed by atoms with Crippen molar-refractivity contribution in [2.75, 3.05) is 19.8 Å². The highest BCUT2D eigenvalue weighted by Gasteiger charge is 2.37. The largest absolute Gasteiger partial charge is 0.508 e. The molecule has 2 aromatic carbocycles. The summed E-state index contributed by atoms with van der Waals surface area (Å²) < 4.78 is 35.1. The number of aromatic nitrogens is 2. The van der Waals surface area contributed by atoms with Crippen LogP contribution in [0.1, 0.15) is 64.6 Å². The van der Waals surface area contributed by atoms with E-state index in [0.717, 1.165) is 4.57 Å². The lowest BCUT2D eigenvalue weighted by Crippen LogP contribution is -2.33. The third kappa shape index (κ3) is 9.11. The number of nitrogens with one attached hydrogen (secondary N) is 2. The van der Waals surface area contributed by atoms with E-state index in [1.165, 1.54) is 61.7 Å². The summed E-state index contributed by atoms with van der Waals surface area (Å²) in [6.45, 7) is 1.21. The summed E-state index contributed by atoms with van der Waals surface area (Å²) in [5.74, 6) is -1.59. The molecule has 1 saturated heterocycles. The number of rotatable bonds is 15. The summed E-state index contributed by atoms with van der Waals surface area (Å²) >= 11 is 0. The maximum atomic E-state index is 13.2. The van der Waals surface area contributed by atoms with E-state index in [-0.39, 0.29) is 64.3 Å². The van der Waals surface area contributed by atoms with Crippen LogP contribution in [0.4, 0.5) is 0 Å². The number of aryl methyl sites for hydroxylation is 1. The van der Waals surface area contributed by atoms with Crippen molar-refractivity contribution in [1.82, 2.24) is 14.9 Å². The van der Waals surface area contributed by atoms with Crippen molar-refractivity contribution >= 4 is 30.7 Å². The van der Waals surface area contributed by atoms with Crippen LogP contribution in [0.25, 0.3) is 33.4 Å². The van der Waals surface area contributed by atoms with Crippen LogP contribution < -0.4 is 22.0 Å². The summed E-state index contributed by atoms with van der Waals surface area (Å²) in [6.07, 6.45) is 0.438. The normalized spacial score (nSPS) is 18.1. The van der Waals surface area contributed by atoms with E-state index in [1.54, 1.807) is 6.07 Å². The van der Waals surface area contributed by atoms with Gasteiger partial charge in [-0.15, -0.1) is 0 Å². The zero-order valence-electron chi connectivity index (χ0n) is 29.4. The number of aromatic amines is 1. The number of fused-ring (bicyclic) bond motifs is 2. The summed E-state index contributed by atoms with van der Waals surface area (Å²) in [7, 11) is -4.50. The number of unbranched alkanes of at least 4 members (excludes halogenated alkanes) is 3. The number of nitrogens with zero attached hydrogens (tertiary/aromatic N) is 1. The molecule has 0 radical (unpaired) electrons. The molecule has 0 bridgehead atoms. The number of hydrogen-bond donors (Lipinski definition) is 6. The first-order valence-electron chi connectivity index (χ1n) is 17.3. The van der Waals surface area contributed by atoms with E-state index in [1.807, 2.05) is 0 Å². The second-order valence-corrected chi connectivity index (χ2v) is 14.5. The number of carbonyl (C=O) groups is 2. The molecule has 1 unspecified atom stereocenters. The molecule has 3 aromatic rings. The lowest BCUT2D eigenvalue weighted by molar-refractivity contribution is -0.0465. The van der Waals surface area contributed by atoms with Crippen LogP contribution in [0.2, 0.25) is 0 Å². The van der Waals surface area contributed by atoms with E-state index < -0.39 is 56.0 Å². The van der Waals surface area contributed by atoms with Gasteiger partial charge in [0.1, 0.15) is 29.4 Å². The highest BCUT2D eigenvalue weighted by Crippen LogP contribution is 2.45. The third-order valence-electron chi connectivity index (χ3n) is 9.13. The number of carbonyl (C=O) groups excluding carboxylic acids is 1. The highest BCUT2D eigenvalue weighted by atomic mass is 31.2. The number of phosphoric ester groups is 1. The number of carboxylic acids is 1. The van der Waals surface area contributed by atoms with E-state index in [9.17, 15) is 48.8 Å². The minimum Gasteiger partial charge on any atom is -0.508 e. The number of hydrogen-bond acceptors (Lipinski definition) is 12. The van der Waals surface area contributed by atoms with Crippen LogP contribution in [0.5, 0.6) is 5.75 Å².